The molecular formula is C13H26N2O3. The van der Waals surface area contributed by atoms with Crippen molar-refractivity contribution < 1.29 is 14.7 Å². The lowest BCUT2D eigenvalue weighted by Crippen LogP contribution is -2.54. The van der Waals surface area contributed by atoms with E-state index in [0.717, 1.165) is 0 Å². The molecule has 0 fully saturated rings. The number of carboxylic acids is 1. The van der Waals surface area contributed by atoms with Crippen LogP contribution >= 0.6 is 0 Å². The highest BCUT2D eigenvalue weighted by Gasteiger charge is 2.34. The van der Waals surface area contributed by atoms with Crippen LogP contribution < -0.4 is 0 Å². The van der Waals surface area contributed by atoms with Crippen LogP contribution in [-0.4, -0.2) is 58.0 Å². The van der Waals surface area contributed by atoms with Gasteiger partial charge in [0.05, 0.1) is 6.54 Å². The second kappa shape index (κ2) is 6.18. The highest BCUT2D eigenvalue weighted by atomic mass is 16.4. The van der Waals surface area contributed by atoms with Gasteiger partial charge in [-0.1, -0.05) is 0 Å². The van der Waals surface area contributed by atoms with Gasteiger partial charge in [-0.2, -0.15) is 0 Å². The highest BCUT2D eigenvalue weighted by molar-refractivity contribution is 5.82. The molecule has 0 aromatic carbocycles. The second-order valence-corrected chi connectivity index (χ2v) is 5.71. The number of amides is 1. The molecule has 5 nitrogen and oxygen atoms in total. The third-order valence-corrected chi connectivity index (χ3v) is 3.25. The zero-order chi connectivity index (χ0) is 14.7. The predicted octanol–water partition coefficient (Wildman–Crippen LogP) is 1.43. The molecule has 0 saturated heterocycles. The van der Waals surface area contributed by atoms with E-state index in [1.165, 1.54) is 0 Å². The zero-order valence-corrected chi connectivity index (χ0v) is 12.5. The molecule has 0 aliphatic heterocycles. The molecule has 0 saturated carbocycles. The van der Waals surface area contributed by atoms with Crippen LogP contribution in [-0.2, 0) is 9.59 Å². The van der Waals surface area contributed by atoms with Gasteiger partial charge < -0.3 is 10.0 Å². The Hall–Kier alpha value is -1.10. The van der Waals surface area contributed by atoms with Crippen molar-refractivity contribution in [2.75, 3.05) is 13.6 Å². The quantitative estimate of drug-likeness (QED) is 0.783. The van der Waals surface area contributed by atoms with E-state index in [9.17, 15) is 9.59 Å². The lowest BCUT2D eigenvalue weighted by atomic mass is 10.0. The average molecular weight is 258 g/mol. The number of carbonyl (C=O) groups excluding carboxylic acids is 1. The molecule has 0 aliphatic carbocycles. The predicted molar refractivity (Wildman–Crippen MR) is 71.5 cm³/mol. The van der Waals surface area contributed by atoms with Gasteiger partial charge in [-0.15, -0.1) is 0 Å². The summed E-state index contributed by atoms with van der Waals surface area (Å²) < 4.78 is 0. The van der Waals surface area contributed by atoms with E-state index in [1.54, 1.807) is 30.7 Å². The molecule has 0 atom stereocenters. The first kappa shape index (κ1) is 16.9. The summed E-state index contributed by atoms with van der Waals surface area (Å²) in [7, 11) is 1.66. The highest BCUT2D eigenvalue weighted by Crippen LogP contribution is 2.14. The van der Waals surface area contributed by atoms with Crippen LogP contribution in [0.3, 0.4) is 0 Å². The van der Waals surface area contributed by atoms with Crippen LogP contribution in [0.5, 0.6) is 0 Å². The Morgan fingerprint density at radius 2 is 1.50 bits per heavy atom. The number of nitrogens with zero attached hydrogens (tertiary/aromatic N) is 2. The van der Waals surface area contributed by atoms with Gasteiger partial charge in [-0.25, -0.2) is 0 Å². The number of hydrogen-bond donors (Lipinski definition) is 1. The maximum atomic E-state index is 12.2. The average Bonchev–Trinajstić information content (AvgIpc) is 2.15. The van der Waals surface area contributed by atoms with E-state index in [1.807, 2.05) is 27.7 Å². The summed E-state index contributed by atoms with van der Waals surface area (Å²) in [4.78, 5) is 26.6. The second-order valence-electron chi connectivity index (χ2n) is 5.71. The minimum atomic E-state index is -1.05. The summed E-state index contributed by atoms with van der Waals surface area (Å²) in [6.07, 6.45) is 0. The van der Waals surface area contributed by atoms with Crippen molar-refractivity contribution in [1.29, 1.82) is 0 Å². The van der Waals surface area contributed by atoms with Gasteiger partial charge in [-0.05, 0) is 48.6 Å². The molecule has 0 rings (SSSR count). The first-order valence-corrected chi connectivity index (χ1v) is 6.27. The molecular weight excluding hydrogens is 232 g/mol. The fourth-order valence-electron chi connectivity index (χ4n) is 1.82. The van der Waals surface area contributed by atoms with Crippen LogP contribution in [0.15, 0.2) is 0 Å². The maximum absolute atomic E-state index is 12.2. The van der Waals surface area contributed by atoms with Crippen LogP contribution in [0, 0.1) is 0 Å². The van der Waals surface area contributed by atoms with Gasteiger partial charge in [0.15, 0.2) is 0 Å². The Kier molecular flexibility index (Phi) is 5.80. The van der Waals surface area contributed by atoms with Crippen molar-refractivity contribution in [2.24, 2.45) is 0 Å². The minimum absolute atomic E-state index is 0.0446. The molecule has 0 bridgehead atoms. The zero-order valence-electron chi connectivity index (χ0n) is 12.5. The molecule has 106 valence electrons. The number of carboxylic acid groups (broad SMARTS) is 1. The van der Waals surface area contributed by atoms with Crippen molar-refractivity contribution in [3.8, 4) is 0 Å². The van der Waals surface area contributed by atoms with Crippen molar-refractivity contribution in [3.05, 3.63) is 0 Å². The van der Waals surface area contributed by atoms with E-state index < -0.39 is 11.5 Å². The summed E-state index contributed by atoms with van der Waals surface area (Å²) in [5.41, 5.74) is -1.05. The Morgan fingerprint density at radius 3 is 1.78 bits per heavy atom. The van der Waals surface area contributed by atoms with Gasteiger partial charge in [0, 0.05) is 12.1 Å². The number of likely N-dealkylation sites (N-methyl/N-ethyl adjacent to an activating group) is 1. The van der Waals surface area contributed by atoms with E-state index >= 15 is 0 Å². The lowest BCUT2D eigenvalue weighted by Gasteiger charge is -2.36. The monoisotopic (exact) mass is 258 g/mol. The summed E-state index contributed by atoms with van der Waals surface area (Å²) in [6, 6.07) is 0.220. The number of carbonyl (C=O) groups is 2. The fraction of sp³-hybridized carbons (Fsp3) is 0.846. The Balaban J connectivity index is 4.80. The standard InChI is InChI=1S/C13H26N2O3/c1-9(2)15(10(3)4)11(16)8-14(7)13(5,6)12(17)18/h9-10H,8H2,1-7H3,(H,17,18). The summed E-state index contributed by atoms with van der Waals surface area (Å²) in [6.45, 7) is 11.1. The van der Waals surface area contributed by atoms with Gasteiger partial charge >= 0.3 is 5.97 Å². The molecule has 0 radical (unpaired) electrons. The van der Waals surface area contributed by atoms with Crippen LogP contribution in [0.25, 0.3) is 0 Å². The van der Waals surface area contributed by atoms with Gasteiger partial charge in [0.25, 0.3) is 0 Å². The van der Waals surface area contributed by atoms with Crippen molar-refractivity contribution >= 4 is 11.9 Å². The molecule has 0 aromatic heterocycles. The maximum Gasteiger partial charge on any atom is 0.323 e. The van der Waals surface area contributed by atoms with Gasteiger partial charge in [-0.3, -0.25) is 14.5 Å². The molecule has 1 N–H and O–H groups in total. The number of aliphatic carboxylic acids is 1. The van der Waals surface area contributed by atoms with Crippen LogP contribution in [0.2, 0.25) is 0 Å². The lowest BCUT2D eigenvalue weighted by molar-refractivity contribution is -0.150. The Labute approximate surface area is 110 Å². The molecule has 18 heavy (non-hydrogen) atoms. The van der Waals surface area contributed by atoms with Gasteiger partial charge in [0.2, 0.25) is 5.91 Å². The summed E-state index contributed by atoms with van der Waals surface area (Å²) in [5.74, 6) is -0.977. The number of rotatable bonds is 6. The van der Waals surface area contributed by atoms with E-state index in [0.29, 0.717) is 0 Å². The molecule has 0 aliphatic rings. The van der Waals surface area contributed by atoms with Crippen molar-refractivity contribution in [3.63, 3.8) is 0 Å². The fourth-order valence-corrected chi connectivity index (χ4v) is 1.82. The molecule has 0 heterocycles. The minimum Gasteiger partial charge on any atom is -0.480 e. The third-order valence-electron chi connectivity index (χ3n) is 3.25. The SMILES string of the molecule is CC(C)N(C(=O)CN(C)C(C)(C)C(=O)O)C(C)C. The molecule has 0 unspecified atom stereocenters. The summed E-state index contributed by atoms with van der Waals surface area (Å²) >= 11 is 0. The third kappa shape index (κ3) is 3.98. The van der Waals surface area contributed by atoms with E-state index in [-0.39, 0.29) is 24.5 Å². The first-order valence-electron chi connectivity index (χ1n) is 6.27. The Morgan fingerprint density at radius 1 is 1.11 bits per heavy atom. The van der Waals surface area contributed by atoms with E-state index in [2.05, 4.69) is 0 Å². The van der Waals surface area contributed by atoms with Crippen molar-refractivity contribution in [1.82, 2.24) is 9.80 Å². The van der Waals surface area contributed by atoms with Crippen LogP contribution in [0.4, 0.5) is 0 Å². The van der Waals surface area contributed by atoms with E-state index in [4.69, 9.17) is 5.11 Å². The Bertz CT molecular complexity index is 303. The smallest absolute Gasteiger partial charge is 0.323 e. The first-order chi connectivity index (χ1) is 8.01. The number of hydrogen-bond acceptors (Lipinski definition) is 3. The molecule has 5 heteroatoms. The molecule has 0 spiro atoms. The van der Waals surface area contributed by atoms with Crippen molar-refractivity contribution in [2.45, 2.75) is 59.2 Å². The summed E-state index contributed by atoms with van der Waals surface area (Å²) in [5, 5.41) is 9.11. The normalized spacial score (nSPS) is 12.3. The van der Waals surface area contributed by atoms with Crippen LogP contribution in [0.1, 0.15) is 41.5 Å². The molecule has 1 amide bonds. The van der Waals surface area contributed by atoms with Gasteiger partial charge in [0.1, 0.15) is 5.54 Å². The molecule has 0 aromatic rings. The largest absolute Gasteiger partial charge is 0.480 e. The topological polar surface area (TPSA) is 60.9 Å².